The molecular formula is C25H23N4O2+. The number of nitrogens with one attached hydrogen (secondary N) is 1. The standard InChI is InChI=1S/C25H22N4O2/c1-26-24(30)28(16-17-10-4-3-5-11-17)22-19-13-7-9-15-21(19)29-23(22)18-12-6-8-14-20(18)27(2)25(29)31/h3-15,22H,16H2,1-2H3/p+1. The molecule has 2 amide bonds. The van der Waals surface area contributed by atoms with Crippen molar-refractivity contribution in [2.24, 2.45) is 7.05 Å². The van der Waals surface area contributed by atoms with Crippen LogP contribution in [0, 0.1) is 0 Å². The second-order valence-corrected chi connectivity index (χ2v) is 7.71. The number of carbonyl (C=O) groups is 1. The van der Waals surface area contributed by atoms with Gasteiger partial charge in [-0.2, -0.15) is 13.9 Å². The predicted octanol–water partition coefficient (Wildman–Crippen LogP) is 3.06. The van der Waals surface area contributed by atoms with Crippen LogP contribution < -0.4 is 15.6 Å². The summed E-state index contributed by atoms with van der Waals surface area (Å²) in [6, 6.07) is 25.0. The molecule has 154 valence electrons. The summed E-state index contributed by atoms with van der Waals surface area (Å²) in [7, 11) is 3.42. The van der Waals surface area contributed by atoms with Crippen LogP contribution in [0.3, 0.4) is 0 Å². The first-order valence-corrected chi connectivity index (χ1v) is 10.3. The van der Waals surface area contributed by atoms with Crippen LogP contribution in [0.2, 0.25) is 0 Å². The number of para-hydroxylation sites is 2. The van der Waals surface area contributed by atoms with Gasteiger partial charge in [0.2, 0.25) is 0 Å². The molecule has 0 aliphatic carbocycles. The maximum atomic E-state index is 13.4. The number of urea groups is 1. The van der Waals surface area contributed by atoms with Gasteiger partial charge in [-0.15, -0.1) is 0 Å². The molecule has 1 N–H and O–H groups in total. The van der Waals surface area contributed by atoms with Crippen LogP contribution in [0.25, 0.3) is 16.6 Å². The summed E-state index contributed by atoms with van der Waals surface area (Å²) in [6.07, 6.45) is 0. The molecule has 0 saturated heterocycles. The van der Waals surface area contributed by atoms with Crippen LogP contribution in [0.4, 0.5) is 4.79 Å². The highest BCUT2D eigenvalue weighted by atomic mass is 16.2. The molecule has 5 rings (SSSR count). The van der Waals surface area contributed by atoms with E-state index in [1.807, 2.05) is 78.9 Å². The highest BCUT2D eigenvalue weighted by Gasteiger charge is 2.43. The van der Waals surface area contributed by atoms with E-state index < -0.39 is 6.04 Å². The largest absolute Gasteiger partial charge is 0.503 e. The number of fused-ring (bicyclic) bond motifs is 5. The van der Waals surface area contributed by atoms with Crippen LogP contribution in [-0.2, 0) is 13.6 Å². The average Bonchev–Trinajstić information content (AvgIpc) is 3.16. The molecule has 31 heavy (non-hydrogen) atoms. The second kappa shape index (κ2) is 7.40. The van der Waals surface area contributed by atoms with E-state index in [2.05, 4.69) is 5.32 Å². The summed E-state index contributed by atoms with van der Waals surface area (Å²) in [6.45, 7) is 0.420. The maximum Gasteiger partial charge on any atom is 0.503 e. The van der Waals surface area contributed by atoms with Crippen LogP contribution in [-0.4, -0.2) is 22.5 Å². The number of benzene rings is 3. The van der Waals surface area contributed by atoms with Gasteiger partial charge in [-0.25, -0.2) is 4.79 Å². The van der Waals surface area contributed by atoms with Crippen molar-refractivity contribution in [1.82, 2.24) is 14.8 Å². The summed E-state index contributed by atoms with van der Waals surface area (Å²) in [5.41, 5.74) is 4.31. The lowest BCUT2D eigenvalue weighted by molar-refractivity contribution is -0.664. The van der Waals surface area contributed by atoms with Gasteiger partial charge in [0.25, 0.3) is 0 Å². The fraction of sp³-hybridized carbons (Fsp3) is 0.160. The summed E-state index contributed by atoms with van der Waals surface area (Å²) in [4.78, 5) is 28.3. The molecule has 0 spiro atoms. The first-order chi connectivity index (χ1) is 15.1. The lowest BCUT2D eigenvalue weighted by Crippen LogP contribution is -2.52. The Morgan fingerprint density at radius 2 is 1.68 bits per heavy atom. The average molecular weight is 411 g/mol. The fourth-order valence-electron chi connectivity index (χ4n) is 4.55. The summed E-state index contributed by atoms with van der Waals surface area (Å²) in [5, 5.41) is 3.74. The van der Waals surface area contributed by atoms with Gasteiger partial charge in [-0.3, -0.25) is 0 Å². The van der Waals surface area contributed by atoms with Gasteiger partial charge >= 0.3 is 11.7 Å². The van der Waals surface area contributed by atoms with Crippen LogP contribution >= 0.6 is 0 Å². The highest BCUT2D eigenvalue weighted by Crippen LogP contribution is 2.42. The third kappa shape index (κ3) is 2.91. The normalized spacial score (nSPS) is 14.2. The van der Waals surface area contributed by atoms with E-state index in [0.717, 1.165) is 33.4 Å². The lowest BCUT2D eigenvalue weighted by atomic mass is 10.0. The fourth-order valence-corrected chi connectivity index (χ4v) is 4.55. The molecular weight excluding hydrogens is 388 g/mol. The molecule has 6 nitrogen and oxygen atoms in total. The molecule has 3 aromatic carbocycles. The van der Waals surface area contributed by atoms with Crippen molar-refractivity contribution >= 4 is 16.9 Å². The molecule has 6 heteroatoms. The van der Waals surface area contributed by atoms with Gasteiger partial charge in [0.1, 0.15) is 17.2 Å². The number of rotatable bonds is 3. The molecule has 1 aliphatic rings. The van der Waals surface area contributed by atoms with Gasteiger partial charge in [-0.05, 0) is 23.8 Å². The van der Waals surface area contributed by atoms with E-state index >= 15 is 0 Å². The Kier molecular flexibility index (Phi) is 4.55. The lowest BCUT2D eigenvalue weighted by Gasteiger charge is -2.28. The molecule has 0 saturated carbocycles. The third-order valence-electron chi connectivity index (χ3n) is 5.97. The number of amides is 2. The minimum Gasteiger partial charge on any atom is -0.341 e. The number of hydrogen-bond donors (Lipinski definition) is 1. The van der Waals surface area contributed by atoms with E-state index in [0.29, 0.717) is 6.54 Å². The van der Waals surface area contributed by atoms with E-state index in [4.69, 9.17) is 0 Å². The first kappa shape index (κ1) is 19.1. The van der Waals surface area contributed by atoms with Crippen LogP contribution in [0.15, 0.2) is 83.7 Å². The number of nitrogens with zero attached hydrogens (tertiary/aromatic N) is 3. The SMILES string of the molecule is CNC(=O)N(Cc1ccccc1)C1c2ccccc2-n2c1c1ccccc1[n+](C)c2=O. The van der Waals surface area contributed by atoms with Gasteiger partial charge in [0.15, 0.2) is 5.69 Å². The third-order valence-corrected chi connectivity index (χ3v) is 5.97. The minimum atomic E-state index is -0.393. The van der Waals surface area contributed by atoms with Crippen molar-refractivity contribution in [2.75, 3.05) is 7.05 Å². The van der Waals surface area contributed by atoms with Crippen molar-refractivity contribution in [3.8, 4) is 5.69 Å². The Labute approximate surface area is 180 Å². The van der Waals surface area contributed by atoms with Gasteiger partial charge in [-0.1, -0.05) is 60.7 Å². The molecule has 1 unspecified atom stereocenters. The Balaban J connectivity index is 1.82. The number of aromatic nitrogens is 2. The highest BCUT2D eigenvalue weighted by molar-refractivity contribution is 5.83. The Morgan fingerprint density at radius 1 is 1.00 bits per heavy atom. The number of carbonyl (C=O) groups excluding carboxylic acids is 1. The molecule has 1 aromatic heterocycles. The van der Waals surface area contributed by atoms with Gasteiger partial charge in [0, 0.05) is 19.2 Å². The number of hydrogen-bond acceptors (Lipinski definition) is 2. The minimum absolute atomic E-state index is 0.125. The van der Waals surface area contributed by atoms with Gasteiger partial charge in [0.05, 0.1) is 12.4 Å². The maximum absolute atomic E-state index is 13.4. The quantitative estimate of drug-likeness (QED) is 0.527. The monoisotopic (exact) mass is 411 g/mol. The zero-order chi connectivity index (χ0) is 21.5. The van der Waals surface area contributed by atoms with Crippen LogP contribution in [0.1, 0.15) is 22.9 Å². The van der Waals surface area contributed by atoms with E-state index in [9.17, 15) is 9.59 Å². The van der Waals surface area contributed by atoms with Crippen molar-refractivity contribution in [3.63, 3.8) is 0 Å². The van der Waals surface area contributed by atoms with Crippen molar-refractivity contribution in [3.05, 3.63) is 106 Å². The smallest absolute Gasteiger partial charge is 0.341 e. The summed E-state index contributed by atoms with van der Waals surface area (Å²) >= 11 is 0. The first-order valence-electron chi connectivity index (χ1n) is 10.3. The van der Waals surface area contributed by atoms with E-state index in [1.54, 1.807) is 28.1 Å². The van der Waals surface area contributed by atoms with Crippen molar-refractivity contribution < 1.29 is 9.36 Å². The molecule has 2 heterocycles. The summed E-state index contributed by atoms with van der Waals surface area (Å²) in [5.74, 6) is 0. The summed E-state index contributed by atoms with van der Waals surface area (Å²) < 4.78 is 3.42. The van der Waals surface area contributed by atoms with Crippen LogP contribution in [0.5, 0.6) is 0 Å². The zero-order valence-electron chi connectivity index (χ0n) is 17.4. The Hall–Kier alpha value is -3.93. The second-order valence-electron chi connectivity index (χ2n) is 7.71. The zero-order valence-corrected chi connectivity index (χ0v) is 17.4. The number of aryl methyl sites for hydroxylation is 1. The molecule has 0 radical (unpaired) electrons. The molecule has 4 aromatic rings. The molecule has 1 atom stereocenters. The Bertz CT molecular complexity index is 1360. The Morgan fingerprint density at radius 3 is 2.45 bits per heavy atom. The predicted molar refractivity (Wildman–Crippen MR) is 119 cm³/mol. The molecule has 1 aliphatic heterocycles. The van der Waals surface area contributed by atoms with E-state index in [1.165, 1.54) is 0 Å². The topological polar surface area (TPSA) is 58.2 Å². The van der Waals surface area contributed by atoms with E-state index in [-0.39, 0.29) is 11.7 Å². The van der Waals surface area contributed by atoms with Crippen molar-refractivity contribution in [1.29, 1.82) is 0 Å². The van der Waals surface area contributed by atoms with Gasteiger partial charge < -0.3 is 10.2 Å². The van der Waals surface area contributed by atoms with Crippen molar-refractivity contribution in [2.45, 2.75) is 12.6 Å². The molecule has 0 fully saturated rings. The molecule has 0 bridgehead atoms.